The van der Waals surface area contributed by atoms with Crippen molar-refractivity contribution in [3.63, 3.8) is 0 Å². The molecule has 2 amide bonds. The molecule has 0 fully saturated rings. The molecule has 0 saturated carbocycles. The summed E-state index contributed by atoms with van der Waals surface area (Å²) in [5.74, 6) is -0.277. The molecule has 0 radical (unpaired) electrons. The monoisotopic (exact) mass is 419 g/mol. The highest BCUT2D eigenvalue weighted by atomic mass is 19.4. The smallest absolute Gasteiger partial charge is 0.406 e. The van der Waals surface area contributed by atoms with E-state index in [1.54, 1.807) is 11.0 Å². The number of rotatable bonds is 7. The normalized spacial score (nSPS) is 12.3. The van der Waals surface area contributed by atoms with Crippen LogP contribution in [-0.2, 0) is 6.42 Å². The molecule has 1 heterocycles. The van der Waals surface area contributed by atoms with Gasteiger partial charge in [-0.2, -0.15) is 5.10 Å². The minimum absolute atomic E-state index is 0.214. The molecule has 0 aliphatic heterocycles. The number of alkyl halides is 3. The van der Waals surface area contributed by atoms with E-state index in [2.05, 4.69) is 25.5 Å². The molecule has 0 bridgehead atoms. The average Bonchev–Trinajstić information content (AvgIpc) is 3.23. The first-order valence-electron chi connectivity index (χ1n) is 9.14. The molecule has 7 nitrogen and oxygen atoms in total. The minimum atomic E-state index is -4.71. The zero-order valence-corrected chi connectivity index (χ0v) is 16.1. The van der Waals surface area contributed by atoms with E-state index in [0.29, 0.717) is 13.0 Å². The Hall–Kier alpha value is -3.56. The number of hydrogen-bond donors (Lipinski definition) is 2. The highest BCUT2D eigenvalue weighted by Gasteiger charge is 2.30. The molecule has 1 unspecified atom stereocenters. The molecule has 2 N–H and O–H groups in total. The van der Waals surface area contributed by atoms with Crippen LogP contribution < -0.4 is 15.4 Å². The third-order valence-corrected chi connectivity index (χ3v) is 4.28. The molecule has 10 heteroatoms. The van der Waals surface area contributed by atoms with Crippen molar-refractivity contribution >= 4 is 6.03 Å². The van der Waals surface area contributed by atoms with Crippen molar-refractivity contribution in [1.82, 2.24) is 25.4 Å². The number of benzene rings is 2. The fraction of sp³-hybridized carbons (Fsp3) is 0.250. The number of carbonyl (C=O) groups is 1. The van der Waals surface area contributed by atoms with Gasteiger partial charge < -0.3 is 15.4 Å². The fourth-order valence-corrected chi connectivity index (χ4v) is 2.77. The largest absolute Gasteiger partial charge is 0.573 e. The van der Waals surface area contributed by atoms with Crippen LogP contribution in [-0.4, -0.2) is 33.7 Å². The zero-order valence-electron chi connectivity index (χ0n) is 16.1. The predicted octanol–water partition coefficient (Wildman–Crippen LogP) is 3.77. The minimum Gasteiger partial charge on any atom is -0.406 e. The quantitative estimate of drug-likeness (QED) is 0.611. The van der Waals surface area contributed by atoms with Gasteiger partial charge >= 0.3 is 12.4 Å². The van der Waals surface area contributed by atoms with E-state index >= 15 is 0 Å². The van der Waals surface area contributed by atoms with Crippen LogP contribution in [0.2, 0.25) is 0 Å². The summed E-state index contributed by atoms with van der Waals surface area (Å²) in [5, 5.41) is 9.63. The Bertz CT molecular complexity index is 942. The van der Waals surface area contributed by atoms with Gasteiger partial charge in [0.2, 0.25) is 0 Å². The number of carbonyl (C=O) groups excluding carboxylic acids is 1. The maximum atomic E-state index is 12.2. The van der Waals surface area contributed by atoms with Crippen LogP contribution in [0.3, 0.4) is 0 Å². The summed E-state index contributed by atoms with van der Waals surface area (Å²) in [6, 6.07) is 12.5. The summed E-state index contributed by atoms with van der Waals surface area (Å²) < 4.78 is 41.9. The Morgan fingerprint density at radius 3 is 2.43 bits per heavy atom. The van der Waals surface area contributed by atoms with E-state index in [-0.39, 0.29) is 17.8 Å². The summed E-state index contributed by atoms with van der Waals surface area (Å²) in [5.41, 5.74) is 2.57. The standard InChI is InChI=1S/C20H20F3N5O2/c1-14(16-4-6-17(7-5-16)28-13-24-12-26-28)27-19(29)25-11-10-15-2-8-18(9-3-15)30-20(21,22)23/h2-9,12-14H,10-11H2,1H3,(H2,25,27,29). The van der Waals surface area contributed by atoms with Crippen molar-refractivity contribution < 1.29 is 22.7 Å². The zero-order chi connectivity index (χ0) is 21.6. The summed E-state index contributed by atoms with van der Waals surface area (Å²) >= 11 is 0. The second-order valence-electron chi connectivity index (χ2n) is 6.50. The molecule has 1 atom stereocenters. The van der Waals surface area contributed by atoms with Gasteiger partial charge in [-0.05, 0) is 48.7 Å². The van der Waals surface area contributed by atoms with Gasteiger partial charge in [-0.25, -0.2) is 14.5 Å². The number of aromatic nitrogens is 3. The van der Waals surface area contributed by atoms with Crippen LogP contribution in [0.25, 0.3) is 5.69 Å². The molecular formula is C20H20F3N5O2. The lowest BCUT2D eigenvalue weighted by atomic mass is 10.1. The Balaban J connectivity index is 1.43. The van der Waals surface area contributed by atoms with Crippen LogP contribution in [0.15, 0.2) is 61.2 Å². The maximum Gasteiger partial charge on any atom is 0.573 e. The Morgan fingerprint density at radius 2 is 1.83 bits per heavy atom. The first-order valence-corrected chi connectivity index (χ1v) is 9.14. The molecule has 0 aliphatic carbocycles. The Kier molecular flexibility index (Phi) is 6.55. The molecule has 0 saturated heterocycles. The van der Waals surface area contributed by atoms with E-state index < -0.39 is 6.36 Å². The fourth-order valence-electron chi connectivity index (χ4n) is 2.77. The number of urea groups is 1. The number of nitrogens with zero attached hydrogens (tertiary/aromatic N) is 3. The molecule has 1 aromatic heterocycles. The molecule has 3 rings (SSSR count). The molecule has 2 aromatic carbocycles. The van der Waals surface area contributed by atoms with Gasteiger partial charge in [-0.1, -0.05) is 24.3 Å². The van der Waals surface area contributed by atoms with Gasteiger partial charge in [0.15, 0.2) is 0 Å². The van der Waals surface area contributed by atoms with Crippen molar-refractivity contribution in [2.45, 2.75) is 25.7 Å². The van der Waals surface area contributed by atoms with E-state index in [9.17, 15) is 18.0 Å². The SMILES string of the molecule is CC(NC(=O)NCCc1ccc(OC(F)(F)F)cc1)c1ccc(-n2cncn2)cc1. The van der Waals surface area contributed by atoms with Gasteiger partial charge in [0.1, 0.15) is 18.4 Å². The lowest BCUT2D eigenvalue weighted by molar-refractivity contribution is -0.274. The second-order valence-corrected chi connectivity index (χ2v) is 6.50. The predicted molar refractivity (Wildman–Crippen MR) is 103 cm³/mol. The number of ether oxygens (including phenoxy) is 1. The highest BCUT2D eigenvalue weighted by Crippen LogP contribution is 2.22. The lowest BCUT2D eigenvalue weighted by Gasteiger charge is -2.15. The van der Waals surface area contributed by atoms with Gasteiger partial charge in [0, 0.05) is 6.54 Å². The van der Waals surface area contributed by atoms with Gasteiger partial charge in [-0.3, -0.25) is 0 Å². The molecule has 30 heavy (non-hydrogen) atoms. The van der Waals surface area contributed by atoms with Crippen molar-refractivity contribution in [2.24, 2.45) is 0 Å². The van der Waals surface area contributed by atoms with E-state index in [1.165, 1.54) is 30.6 Å². The van der Waals surface area contributed by atoms with Crippen LogP contribution in [0.1, 0.15) is 24.1 Å². The molecular weight excluding hydrogens is 399 g/mol. The third-order valence-electron chi connectivity index (χ3n) is 4.28. The molecule has 3 aromatic rings. The molecule has 0 spiro atoms. The molecule has 0 aliphatic rings. The van der Waals surface area contributed by atoms with Gasteiger partial charge in [0.25, 0.3) is 0 Å². The van der Waals surface area contributed by atoms with Crippen molar-refractivity contribution in [1.29, 1.82) is 0 Å². The van der Waals surface area contributed by atoms with Gasteiger partial charge in [0.05, 0.1) is 11.7 Å². The van der Waals surface area contributed by atoms with Gasteiger partial charge in [-0.15, -0.1) is 13.2 Å². The number of hydrogen-bond acceptors (Lipinski definition) is 4. The van der Waals surface area contributed by atoms with Crippen molar-refractivity contribution in [2.75, 3.05) is 6.54 Å². The summed E-state index contributed by atoms with van der Waals surface area (Å²) in [6.07, 6.45) is -1.19. The van der Waals surface area contributed by atoms with E-state index in [1.807, 2.05) is 31.2 Å². The number of nitrogens with one attached hydrogen (secondary N) is 2. The summed E-state index contributed by atoms with van der Waals surface area (Å²) in [4.78, 5) is 16.0. The summed E-state index contributed by atoms with van der Waals surface area (Å²) in [7, 11) is 0. The topological polar surface area (TPSA) is 81.1 Å². The van der Waals surface area contributed by atoms with Crippen LogP contribution in [0, 0.1) is 0 Å². The third kappa shape index (κ3) is 6.23. The van der Waals surface area contributed by atoms with Crippen molar-refractivity contribution in [3.8, 4) is 11.4 Å². The lowest BCUT2D eigenvalue weighted by Crippen LogP contribution is -2.38. The highest BCUT2D eigenvalue weighted by molar-refractivity contribution is 5.74. The first kappa shape index (κ1) is 21.2. The number of halogens is 3. The first-order chi connectivity index (χ1) is 14.3. The Morgan fingerprint density at radius 1 is 1.13 bits per heavy atom. The van der Waals surface area contributed by atoms with E-state index in [4.69, 9.17) is 0 Å². The Labute approximate surface area is 170 Å². The number of amides is 2. The van der Waals surface area contributed by atoms with Crippen LogP contribution in [0.4, 0.5) is 18.0 Å². The van der Waals surface area contributed by atoms with Crippen LogP contribution in [0.5, 0.6) is 5.75 Å². The molecule has 158 valence electrons. The van der Waals surface area contributed by atoms with E-state index in [0.717, 1.165) is 16.8 Å². The summed E-state index contributed by atoms with van der Waals surface area (Å²) in [6.45, 7) is 2.20. The van der Waals surface area contributed by atoms with Crippen LogP contribution >= 0.6 is 0 Å². The second kappa shape index (κ2) is 9.29. The van der Waals surface area contributed by atoms with Crippen molar-refractivity contribution in [3.05, 3.63) is 72.3 Å². The average molecular weight is 419 g/mol. The maximum absolute atomic E-state index is 12.2.